The predicted molar refractivity (Wildman–Crippen MR) is 135 cm³/mol. The highest BCUT2D eigenvalue weighted by molar-refractivity contribution is 5.82. The van der Waals surface area contributed by atoms with E-state index in [1.807, 2.05) is 12.2 Å². The summed E-state index contributed by atoms with van der Waals surface area (Å²) in [5.74, 6) is 0.266. The number of allylic oxidation sites excluding steroid dienone is 3. The number of ether oxygens (including phenoxy) is 3. The smallest absolute Gasteiger partial charge is 0.330 e. The number of rotatable bonds is 3. The first-order valence-corrected chi connectivity index (χ1v) is 13.1. The molecule has 0 spiro atoms. The van der Waals surface area contributed by atoms with Gasteiger partial charge in [-0.15, -0.1) is 0 Å². The van der Waals surface area contributed by atoms with Crippen LogP contribution in [0.3, 0.4) is 0 Å². The van der Waals surface area contributed by atoms with Gasteiger partial charge in [0.05, 0.1) is 24.4 Å². The van der Waals surface area contributed by atoms with E-state index < -0.39 is 24.3 Å². The number of hydrogen-bond donors (Lipinski definition) is 2. The molecular formula is C29H40O6. The quantitative estimate of drug-likeness (QED) is 0.352. The summed E-state index contributed by atoms with van der Waals surface area (Å²) in [4.78, 5) is 12.6. The lowest BCUT2D eigenvalue weighted by Crippen LogP contribution is -2.32. The first-order valence-electron chi connectivity index (χ1n) is 13.1. The Kier molecular flexibility index (Phi) is 9.17. The average molecular weight is 485 g/mol. The molecule has 1 aliphatic carbocycles. The Morgan fingerprint density at radius 2 is 1.86 bits per heavy atom. The number of aliphatic hydroxyl groups excluding tert-OH is 2. The molecule has 35 heavy (non-hydrogen) atoms. The van der Waals surface area contributed by atoms with Crippen molar-refractivity contribution in [1.29, 1.82) is 0 Å². The second kappa shape index (κ2) is 12.3. The van der Waals surface area contributed by atoms with Crippen LogP contribution in [0.15, 0.2) is 60.8 Å². The van der Waals surface area contributed by atoms with E-state index in [2.05, 4.69) is 31.7 Å². The van der Waals surface area contributed by atoms with Gasteiger partial charge in [-0.1, -0.05) is 61.6 Å². The molecule has 3 aliphatic heterocycles. The molecule has 0 aromatic carbocycles. The lowest BCUT2D eigenvalue weighted by Gasteiger charge is -2.28. The standard InChI is InChI=1S/C29H40O6/c1-19-15-20(2)17-25(31)29-27(35-29)18-26(24(30)14-13-21-7-3-4-8-21)34-28(32)12-6-10-22-9-5-11-23(16-19)33-22/h3-6,9,12-14,19,21-27,29-31H,2,7-8,10-11,15-18H2,1H3/t19-,22-,23-,24-,25-,26?,27-,29-/m0/s1. The third-order valence-electron chi connectivity index (χ3n) is 7.28. The molecule has 4 rings (SSSR count). The lowest BCUT2D eigenvalue weighted by atomic mass is 9.91. The molecule has 0 radical (unpaired) electrons. The summed E-state index contributed by atoms with van der Waals surface area (Å²) < 4.78 is 17.6. The van der Waals surface area contributed by atoms with Crippen LogP contribution in [0.4, 0.5) is 0 Å². The monoisotopic (exact) mass is 484 g/mol. The molecule has 3 heterocycles. The Morgan fingerprint density at radius 1 is 1.06 bits per heavy atom. The fourth-order valence-electron chi connectivity index (χ4n) is 5.38. The van der Waals surface area contributed by atoms with E-state index in [4.69, 9.17) is 14.2 Å². The first-order chi connectivity index (χ1) is 16.9. The topological polar surface area (TPSA) is 88.5 Å². The third kappa shape index (κ3) is 8.01. The van der Waals surface area contributed by atoms with Gasteiger partial charge in [-0.05, 0) is 56.8 Å². The highest BCUT2D eigenvalue weighted by Gasteiger charge is 2.46. The Hall–Kier alpha value is -1.99. The van der Waals surface area contributed by atoms with Gasteiger partial charge in [0.1, 0.15) is 18.3 Å². The normalized spacial score (nSPS) is 38.1. The second-order valence-corrected chi connectivity index (χ2v) is 10.6. The van der Waals surface area contributed by atoms with Crippen LogP contribution in [0.5, 0.6) is 0 Å². The highest BCUT2D eigenvalue weighted by atomic mass is 16.6. The van der Waals surface area contributed by atoms with E-state index in [1.54, 1.807) is 12.2 Å². The van der Waals surface area contributed by atoms with Crippen molar-refractivity contribution >= 4 is 5.97 Å². The van der Waals surface area contributed by atoms with Gasteiger partial charge in [0.25, 0.3) is 0 Å². The summed E-state index contributed by atoms with van der Waals surface area (Å²) >= 11 is 0. The Balaban J connectivity index is 1.44. The number of aliphatic hydroxyl groups is 2. The van der Waals surface area contributed by atoms with Gasteiger partial charge >= 0.3 is 5.97 Å². The number of cyclic esters (lactones) is 1. The molecular weight excluding hydrogens is 444 g/mol. The van der Waals surface area contributed by atoms with Crippen LogP contribution in [-0.4, -0.2) is 58.9 Å². The summed E-state index contributed by atoms with van der Waals surface area (Å²) in [6.45, 7) is 6.39. The zero-order chi connectivity index (χ0) is 24.8. The summed E-state index contributed by atoms with van der Waals surface area (Å²) in [6, 6.07) is 0. The van der Waals surface area contributed by atoms with Crippen molar-refractivity contribution in [1.82, 2.24) is 0 Å². The van der Waals surface area contributed by atoms with Crippen molar-refractivity contribution in [3.05, 3.63) is 60.8 Å². The molecule has 192 valence electrons. The molecule has 0 amide bonds. The van der Waals surface area contributed by atoms with Crippen LogP contribution >= 0.6 is 0 Å². The maximum absolute atomic E-state index is 12.6. The maximum atomic E-state index is 12.6. The van der Waals surface area contributed by atoms with Crippen molar-refractivity contribution in [2.75, 3.05) is 0 Å². The minimum atomic E-state index is -0.943. The largest absolute Gasteiger partial charge is 0.456 e. The molecule has 6 heteroatoms. The van der Waals surface area contributed by atoms with Crippen LogP contribution in [-0.2, 0) is 19.0 Å². The lowest BCUT2D eigenvalue weighted by molar-refractivity contribution is -0.148. The SMILES string of the molecule is C=C1C[C@H](C)C[C@@H]2CC=C[C@@H](CC=CC(=O)OC([C@@H](O)C=CC3CC=CC3)C[C@@H]3O[C@H]3[C@@H](O)C1)O2. The van der Waals surface area contributed by atoms with Gasteiger partial charge in [0, 0.05) is 12.5 Å². The van der Waals surface area contributed by atoms with Crippen LogP contribution in [0.25, 0.3) is 0 Å². The minimum absolute atomic E-state index is 0.0705. The van der Waals surface area contributed by atoms with Gasteiger partial charge in [-0.2, -0.15) is 0 Å². The second-order valence-electron chi connectivity index (χ2n) is 10.6. The van der Waals surface area contributed by atoms with E-state index in [-0.39, 0.29) is 24.4 Å². The van der Waals surface area contributed by atoms with E-state index in [0.29, 0.717) is 31.1 Å². The molecule has 6 nitrogen and oxygen atoms in total. The average Bonchev–Trinajstić information content (AvgIpc) is 3.38. The number of hydrogen-bond acceptors (Lipinski definition) is 6. The molecule has 8 atom stereocenters. The zero-order valence-corrected chi connectivity index (χ0v) is 20.7. The Bertz CT molecular complexity index is 849. The fourth-order valence-corrected chi connectivity index (χ4v) is 5.38. The minimum Gasteiger partial charge on any atom is -0.456 e. The maximum Gasteiger partial charge on any atom is 0.330 e. The van der Waals surface area contributed by atoms with Crippen LogP contribution in [0.1, 0.15) is 58.3 Å². The summed E-state index contributed by atoms with van der Waals surface area (Å²) in [5, 5.41) is 21.5. The molecule has 0 aromatic heterocycles. The molecule has 2 N–H and O–H groups in total. The number of carbonyl (C=O) groups excluding carboxylic acids is 1. The molecule has 4 aliphatic rings. The van der Waals surface area contributed by atoms with Gasteiger partial charge in [-0.25, -0.2) is 4.79 Å². The van der Waals surface area contributed by atoms with E-state index in [9.17, 15) is 15.0 Å². The van der Waals surface area contributed by atoms with Crippen molar-refractivity contribution < 1.29 is 29.2 Å². The predicted octanol–water partition coefficient (Wildman–Crippen LogP) is 4.34. The van der Waals surface area contributed by atoms with Crippen LogP contribution in [0.2, 0.25) is 0 Å². The molecule has 0 aromatic rings. The molecule has 1 unspecified atom stereocenters. The zero-order valence-electron chi connectivity index (χ0n) is 20.7. The number of fused-ring (bicyclic) bond motifs is 3. The van der Waals surface area contributed by atoms with E-state index in [1.165, 1.54) is 6.08 Å². The Morgan fingerprint density at radius 3 is 2.66 bits per heavy atom. The molecule has 1 fully saturated rings. The third-order valence-corrected chi connectivity index (χ3v) is 7.28. The van der Waals surface area contributed by atoms with Crippen molar-refractivity contribution in [2.24, 2.45) is 11.8 Å². The van der Waals surface area contributed by atoms with Gasteiger partial charge in [0.15, 0.2) is 0 Å². The highest BCUT2D eigenvalue weighted by Crippen LogP contribution is 2.35. The Labute approximate surface area is 209 Å². The van der Waals surface area contributed by atoms with Crippen molar-refractivity contribution in [2.45, 2.75) is 101 Å². The summed E-state index contributed by atoms with van der Waals surface area (Å²) in [7, 11) is 0. The van der Waals surface area contributed by atoms with E-state index >= 15 is 0 Å². The van der Waals surface area contributed by atoms with E-state index in [0.717, 1.165) is 37.7 Å². The van der Waals surface area contributed by atoms with Crippen molar-refractivity contribution in [3.8, 4) is 0 Å². The molecule has 2 bridgehead atoms. The number of carbonyl (C=O) groups is 1. The van der Waals surface area contributed by atoms with Gasteiger partial charge < -0.3 is 24.4 Å². The van der Waals surface area contributed by atoms with Gasteiger partial charge in [-0.3, -0.25) is 0 Å². The van der Waals surface area contributed by atoms with Gasteiger partial charge in [0.2, 0.25) is 0 Å². The van der Waals surface area contributed by atoms with Crippen LogP contribution in [0, 0.1) is 11.8 Å². The fraction of sp³-hybridized carbons (Fsp3) is 0.621. The molecule has 0 saturated carbocycles. The first kappa shape index (κ1) is 26.1. The van der Waals surface area contributed by atoms with Crippen molar-refractivity contribution in [3.63, 3.8) is 0 Å². The van der Waals surface area contributed by atoms with Crippen LogP contribution < -0.4 is 0 Å². The summed E-state index contributed by atoms with van der Waals surface area (Å²) in [5.41, 5.74) is 1.00. The number of esters is 1. The summed E-state index contributed by atoms with van der Waals surface area (Å²) in [6.07, 6.45) is 18.4. The number of epoxide rings is 1. The molecule has 1 saturated heterocycles.